The van der Waals surface area contributed by atoms with Crippen molar-refractivity contribution in [2.75, 3.05) is 6.07 Å². The van der Waals surface area contributed by atoms with E-state index in [1.165, 1.54) is 12.1 Å². The van der Waals surface area contributed by atoms with Crippen molar-refractivity contribution >= 4 is 23.2 Å². The maximum Gasteiger partial charge on any atom is 0.183 e. The van der Waals surface area contributed by atoms with Crippen LogP contribution >= 0.6 is 23.2 Å². The monoisotopic (exact) mass is 194 g/mol. The van der Waals surface area contributed by atoms with Crippen LogP contribution in [0.25, 0.3) is 0 Å². The Balaban J connectivity index is 2.96. The molecule has 0 aliphatic rings. The van der Waals surface area contributed by atoms with Crippen LogP contribution in [0.5, 0.6) is 5.75 Å². The van der Waals surface area contributed by atoms with Gasteiger partial charge in [0.1, 0.15) is 0 Å². The van der Waals surface area contributed by atoms with Gasteiger partial charge in [-0.3, -0.25) is 0 Å². The Hall–Kier alpha value is -0.470. The van der Waals surface area contributed by atoms with E-state index in [1.54, 1.807) is 6.07 Å². The van der Waals surface area contributed by atoms with Gasteiger partial charge < -0.3 is 4.74 Å². The van der Waals surface area contributed by atoms with Gasteiger partial charge in [-0.15, -0.1) is 0 Å². The maximum atomic E-state index is 12.9. The second kappa shape index (κ2) is 3.79. The van der Waals surface area contributed by atoms with Gasteiger partial charge in [0.05, 0.1) is 5.02 Å². The van der Waals surface area contributed by atoms with Crippen LogP contribution in [0.1, 0.15) is 0 Å². The summed E-state index contributed by atoms with van der Waals surface area (Å²) in [5.41, 5.74) is 0. The molecule has 0 unspecified atom stereocenters. The predicted molar refractivity (Wildman–Crippen MR) is 42.8 cm³/mol. The minimum Gasteiger partial charge on any atom is -0.475 e. The van der Waals surface area contributed by atoms with Gasteiger partial charge >= 0.3 is 0 Å². The molecule has 1 rings (SSSR count). The second-order valence-electron chi connectivity index (χ2n) is 1.81. The topological polar surface area (TPSA) is 9.23 Å². The molecule has 0 aliphatic carbocycles. The largest absolute Gasteiger partial charge is 0.475 e. The number of alkyl halides is 1. The van der Waals surface area contributed by atoms with Crippen molar-refractivity contribution in [3.05, 3.63) is 29.0 Å². The molecule has 1 aromatic rings. The first-order chi connectivity index (χ1) is 5.25. The Morgan fingerprint density at radius 2 is 2.18 bits per heavy atom. The van der Waals surface area contributed by atoms with Gasteiger partial charge in [-0.05, 0) is 12.1 Å². The van der Waals surface area contributed by atoms with Gasteiger partial charge in [0.25, 0.3) is 0 Å². The Morgan fingerprint density at radius 3 is 2.82 bits per heavy atom. The number of rotatable bonds is 2. The van der Waals surface area contributed by atoms with Crippen LogP contribution in [0.15, 0.2) is 18.2 Å². The highest BCUT2D eigenvalue weighted by atomic mass is 35.5. The van der Waals surface area contributed by atoms with Crippen LogP contribution in [0, 0.1) is 5.82 Å². The average Bonchev–Trinajstić information content (AvgIpc) is 1.99. The van der Waals surface area contributed by atoms with Gasteiger partial charge in [-0.25, -0.2) is 4.39 Å². The summed E-state index contributed by atoms with van der Waals surface area (Å²) in [7, 11) is 0. The Bertz CT molecular complexity index is 252. The molecule has 0 heterocycles. The second-order valence-corrected chi connectivity index (χ2v) is 2.43. The molecule has 0 saturated carbocycles. The molecule has 1 aromatic carbocycles. The van der Waals surface area contributed by atoms with Crippen molar-refractivity contribution in [3.63, 3.8) is 0 Å². The van der Waals surface area contributed by atoms with E-state index in [9.17, 15) is 4.39 Å². The standard InChI is InChI=1S/C7H5Cl2FO/c8-4-11-6-3-1-2-5(9)7(6)10/h1-3H,4H2. The van der Waals surface area contributed by atoms with Crippen molar-refractivity contribution in [1.29, 1.82) is 0 Å². The predicted octanol–water partition coefficient (Wildman–Crippen LogP) is 3.05. The van der Waals surface area contributed by atoms with Crippen molar-refractivity contribution in [1.82, 2.24) is 0 Å². The zero-order valence-corrected chi connectivity index (χ0v) is 6.99. The summed E-state index contributed by atoms with van der Waals surface area (Å²) in [6, 6.07) is 4.41. The third-order valence-corrected chi connectivity index (χ3v) is 1.53. The van der Waals surface area contributed by atoms with E-state index >= 15 is 0 Å². The Morgan fingerprint density at radius 1 is 1.45 bits per heavy atom. The summed E-state index contributed by atoms with van der Waals surface area (Å²) < 4.78 is 17.6. The van der Waals surface area contributed by atoms with Crippen LogP contribution in [0.4, 0.5) is 4.39 Å². The van der Waals surface area contributed by atoms with Crippen molar-refractivity contribution < 1.29 is 9.13 Å². The van der Waals surface area contributed by atoms with E-state index in [0.29, 0.717) is 0 Å². The minimum atomic E-state index is -0.574. The van der Waals surface area contributed by atoms with Crippen LogP contribution in [0.2, 0.25) is 5.02 Å². The van der Waals surface area contributed by atoms with Crippen LogP contribution in [-0.2, 0) is 0 Å². The molecule has 1 nitrogen and oxygen atoms in total. The molecule has 0 atom stereocenters. The molecule has 11 heavy (non-hydrogen) atoms. The summed E-state index contributed by atoms with van der Waals surface area (Å²) in [5, 5.41) is 0.0348. The Labute approximate surface area is 73.7 Å². The quantitative estimate of drug-likeness (QED) is 0.659. The summed E-state index contributed by atoms with van der Waals surface area (Å²) in [6.45, 7) is 0. The fourth-order valence-corrected chi connectivity index (χ4v) is 0.938. The first-order valence-corrected chi connectivity index (χ1v) is 3.79. The van der Waals surface area contributed by atoms with Crippen LogP contribution < -0.4 is 4.74 Å². The zero-order valence-electron chi connectivity index (χ0n) is 5.48. The van der Waals surface area contributed by atoms with Crippen LogP contribution in [0.3, 0.4) is 0 Å². The van der Waals surface area contributed by atoms with Gasteiger partial charge in [-0.1, -0.05) is 29.3 Å². The highest BCUT2D eigenvalue weighted by molar-refractivity contribution is 6.30. The van der Waals surface area contributed by atoms with E-state index in [1.807, 2.05) is 0 Å². The number of ether oxygens (including phenoxy) is 1. The highest BCUT2D eigenvalue weighted by Crippen LogP contribution is 2.23. The molecule has 0 bridgehead atoms. The number of benzene rings is 1. The molecule has 0 fully saturated rings. The molecule has 4 heteroatoms. The summed E-state index contributed by atoms with van der Waals surface area (Å²) in [6.07, 6.45) is 0. The molecule has 0 aromatic heterocycles. The molecule has 0 spiro atoms. The lowest BCUT2D eigenvalue weighted by molar-refractivity contribution is 0.363. The summed E-state index contributed by atoms with van der Waals surface area (Å²) in [5.74, 6) is -0.498. The van der Waals surface area contributed by atoms with E-state index in [-0.39, 0.29) is 16.8 Å². The highest BCUT2D eigenvalue weighted by Gasteiger charge is 2.05. The summed E-state index contributed by atoms with van der Waals surface area (Å²) in [4.78, 5) is 0. The zero-order chi connectivity index (χ0) is 8.27. The van der Waals surface area contributed by atoms with Crippen molar-refractivity contribution in [3.8, 4) is 5.75 Å². The molecule has 0 radical (unpaired) electrons. The molecule has 0 aliphatic heterocycles. The van der Waals surface area contributed by atoms with E-state index in [0.717, 1.165) is 0 Å². The number of hydrogen-bond donors (Lipinski definition) is 0. The van der Waals surface area contributed by atoms with E-state index in [4.69, 9.17) is 27.9 Å². The number of halogens is 3. The molecular weight excluding hydrogens is 190 g/mol. The minimum absolute atomic E-state index is 0.0348. The molecule has 0 N–H and O–H groups in total. The first-order valence-electron chi connectivity index (χ1n) is 2.88. The van der Waals surface area contributed by atoms with Crippen molar-refractivity contribution in [2.45, 2.75) is 0 Å². The Kier molecular flexibility index (Phi) is 2.97. The SMILES string of the molecule is Fc1c(Cl)cccc1OCCl. The normalized spacial score (nSPS) is 9.73. The third kappa shape index (κ3) is 1.98. The fraction of sp³-hybridized carbons (Fsp3) is 0.143. The summed E-state index contributed by atoms with van der Waals surface area (Å²) >= 11 is 10.7. The third-order valence-electron chi connectivity index (χ3n) is 1.13. The lowest BCUT2D eigenvalue weighted by Crippen LogP contribution is -1.92. The molecular formula is C7H5Cl2FO. The molecule has 0 saturated heterocycles. The first kappa shape index (κ1) is 8.62. The smallest absolute Gasteiger partial charge is 0.183 e. The lowest BCUT2D eigenvalue weighted by atomic mass is 10.3. The number of hydrogen-bond acceptors (Lipinski definition) is 1. The van der Waals surface area contributed by atoms with Crippen molar-refractivity contribution in [2.24, 2.45) is 0 Å². The van der Waals surface area contributed by atoms with Crippen LogP contribution in [-0.4, -0.2) is 6.07 Å². The maximum absolute atomic E-state index is 12.9. The molecule has 60 valence electrons. The lowest BCUT2D eigenvalue weighted by Gasteiger charge is -2.02. The van der Waals surface area contributed by atoms with Gasteiger partial charge in [0.15, 0.2) is 17.6 Å². The van der Waals surface area contributed by atoms with E-state index < -0.39 is 5.82 Å². The van der Waals surface area contributed by atoms with Gasteiger partial charge in [0.2, 0.25) is 0 Å². The van der Waals surface area contributed by atoms with Gasteiger partial charge in [-0.2, -0.15) is 0 Å². The average molecular weight is 195 g/mol. The molecule has 0 amide bonds. The van der Waals surface area contributed by atoms with Gasteiger partial charge in [0, 0.05) is 0 Å². The fourth-order valence-electron chi connectivity index (χ4n) is 0.654. The van der Waals surface area contributed by atoms with E-state index in [2.05, 4.69) is 0 Å².